The highest BCUT2D eigenvalue weighted by atomic mass is 15.0. The topological polar surface area (TPSA) is 12.0 Å². The van der Waals surface area contributed by atoms with E-state index in [4.69, 9.17) is 0 Å². The van der Waals surface area contributed by atoms with E-state index in [-0.39, 0.29) is 0 Å². The molecule has 0 aromatic heterocycles. The van der Waals surface area contributed by atoms with Crippen molar-refractivity contribution >= 4 is 0 Å². The molecular weight excluding hydrogens is 194 g/mol. The van der Waals surface area contributed by atoms with E-state index in [9.17, 15) is 0 Å². The van der Waals surface area contributed by atoms with Crippen LogP contribution in [0.3, 0.4) is 0 Å². The minimum atomic E-state index is 0.761. The van der Waals surface area contributed by atoms with Crippen LogP contribution in [0.5, 0.6) is 0 Å². The molecule has 2 fully saturated rings. The van der Waals surface area contributed by atoms with E-state index in [1.54, 1.807) is 5.56 Å². The van der Waals surface area contributed by atoms with E-state index in [0.29, 0.717) is 0 Å². The van der Waals surface area contributed by atoms with Gasteiger partial charge in [-0.15, -0.1) is 0 Å². The Hall–Kier alpha value is -0.820. The zero-order valence-electron chi connectivity index (χ0n) is 10.1. The normalized spacial score (nSPS) is 29.6. The third kappa shape index (κ3) is 2.01. The van der Waals surface area contributed by atoms with Crippen molar-refractivity contribution in [2.45, 2.75) is 44.6 Å². The Morgan fingerprint density at radius 1 is 1.31 bits per heavy atom. The van der Waals surface area contributed by atoms with Crippen LogP contribution in [0.2, 0.25) is 0 Å². The lowest BCUT2D eigenvalue weighted by molar-refractivity contribution is 0.535. The number of rotatable bonds is 3. The number of benzene rings is 1. The molecule has 1 aromatic carbocycles. The molecule has 1 aliphatic carbocycles. The van der Waals surface area contributed by atoms with Crippen LogP contribution >= 0.6 is 0 Å². The molecular formula is C15H21N. The Balaban J connectivity index is 1.72. The Morgan fingerprint density at radius 3 is 2.94 bits per heavy atom. The monoisotopic (exact) mass is 215 g/mol. The molecule has 0 amide bonds. The molecule has 1 aliphatic heterocycles. The van der Waals surface area contributed by atoms with Crippen LogP contribution in [-0.2, 0) is 6.42 Å². The van der Waals surface area contributed by atoms with Gasteiger partial charge >= 0.3 is 0 Å². The molecule has 86 valence electrons. The first-order valence-corrected chi connectivity index (χ1v) is 6.69. The standard InChI is InChI=1S/C15H21N/c1-2-11-4-3-5-13(8-11)14-9-15(16-10-14)12-6-7-12/h3-5,8,12,14-16H,2,6-7,9-10H2,1H3. The van der Waals surface area contributed by atoms with Crippen molar-refractivity contribution in [1.29, 1.82) is 0 Å². The lowest BCUT2D eigenvalue weighted by atomic mass is 9.93. The van der Waals surface area contributed by atoms with Gasteiger partial charge in [0, 0.05) is 12.6 Å². The number of aryl methyl sites for hydroxylation is 1. The summed E-state index contributed by atoms with van der Waals surface area (Å²) in [5.41, 5.74) is 3.03. The molecule has 1 nitrogen and oxygen atoms in total. The molecule has 1 heterocycles. The summed E-state index contributed by atoms with van der Waals surface area (Å²) in [6, 6.07) is 9.99. The van der Waals surface area contributed by atoms with Crippen LogP contribution in [0.15, 0.2) is 24.3 Å². The zero-order chi connectivity index (χ0) is 11.0. The minimum absolute atomic E-state index is 0.761. The summed E-state index contributed by atoms with van der Waals surface area (Å²) in [5, 5.41) is 3.70. The molecule has 16 heavy (non-hydrogen) atoms. The summed E-state index contributed by atoms with van der Waals surface area (Å²) < 4.78 is 0. The Bertz CT molecular complexity index is 367. The first kappa shape index (κ1) is 10.3. The molecule has 2 aliphatic rings. The second-order valence-corrected chi connectivity index (χ2v) is 5.38. The first-order chi connectivity index (χ1) is 7.86. The van der Waals surface area contributed by atoms with E-state index in [1.165, 1.54) is 31.4 Å². The summed E-state index contributed by atoms with van der Waals surface area (Å²) in [4.78, 5) is 0. The van der Waals surface area contributed by atoms with Crippen LogP contribution in [0, 0.1) is 5.92 Å². The molecule has 0 bridgehead atoms. The van der Waals surface area contributed by atoms with Crippen molar-refractivity contribution in [3.63, 3.8) is 0 Å². The molecule has 1 saturated heterocycles. The van der Waals surface area contributed by atoms with Crippen molar-refractivity contribution in [1.82, 2.24) is 5.32 Å². The molecule has 3 rings (SSSR count). The van der Waals surface area contributed by atoms with Crippen molar-refractivity contribution < 1.29 is 0 Å². The quantitative estimate of drug-likeness (QED) is 0.817. The van der Waals surface area contributed by atoms with Crippen molar-refractivity contribution in [3.05, 3.63) is 35.4 Å². The molecule has 1 saturated carbocycles. The SMILES string of the molecule is CCc1cccc(C2CNC(C3CC3)C2)c1. The largest absolute Gasteiger partial charge is 0.313 e. The fraction of sp³-hybridized carbons (Fsp3) is 0.600. The van der Waals surface area contributed by atoms with E-state index in [1.807, 2.05) is 0 Å². The highest BCUT2D eigenvalue weighted by Crippen LogP contribution is 2.39. The molecule has 2 atom stereocenters. The summed E-state index contributed by atoms with van der Waals surface area (Å²) in [5.74, 6) is 1.76. The Labute approximate surface area is 98.3 Å². The van der Waals surface area contributed by atoms with Crippen LogP contribution < -0.4 is 5.32 Å². The Morgan fingerprint density at radius 2 is 2.19 bits per heavy atom. The van der Waals surface area contributed by atoms with Gasteiger partial charge in [0.15, 0.2) is 0 Å². The van der Waals surface area contributed by atoms with Gasteiger partial charge in [-0.3, -0.25) is 0 Å². The fourth-order valence-electron chi connectivity index (χ4n) is 2.95. The maximum absolute atomic E-state index is 3.70. The van der Waals surface area contributed by atoms with Gasteiger partial charge < -0.3 is 5.32 Å². The van der Waals surface area contributed by atoms with Crippen LogP contribution in [0.4, 0.5) is 0 Å². The summed E-state index contributed by atoms with van der Waals surface area (Å²) in [7, 11) is 0. The molecule has 1 heteroatoms. The van der Waals surface area contributed by atoms with Gasteiger partial charge in [0.2, 0.25) is 0 Å². The summed E-state index contributed by atoms with van der Waals surface area (Å²) in [6.45, 7) is 3.42. The van der Waals surface area contributed by atoms with E-state index >= 15 is 0 Å². The van der Waals surface area contributed by atoms with Crippen molar-refractivity contribution in [2.24, 2.45) is 5.92 Å². The van der Waals surface area contributed by atoms with E-state index in [2.05, 4.69) is 36.5 Å². The molecule has 2 unspecified atom stereocenters. The number of hydrogen-bond acceptors (Lipinski definition) is 1. The fourth-order valence-corrected chi connectivity index (χ4v) is 2.95. The highest BCUT2D eigenvalue weighted by Gasteiger charge is 2.36. The molecule has 1 aromatic rings. The van der Waals surface area contributed by atoms with Crippen LogP contribution in [0.25, 0.3) is 0 Å². The smallest absolute Gasteiger partial charge is 0.0102 e. The van der Waals surface area contributed by atoms with Gasteiger partial charge in [-0.25, -0.2) is 0 Å². The molecule has 0 radical (unpaired) electrons. The van der Waals surface area contributed by atoms with Gasteiger partial charge in [0.25, 0.3) is 0 Å². The lowest BCUT2D eigenvalue weighted by Crippen LogP contribution is -2.22. The van der Waals surface area contributed by atoms with Crippen LogP contribution in [0.1, 0.15) is 43.2 Å². The van der Waals surface area contributed by atoms with Gasteiger partial charge in [-0.2, -0.15) is 0 Å². The van der Waals surface area contributed by atoms with E-state index < -0.39 is 0 Å². The summed E-state index contributed by atoms with van der Waals surface area (Å²) in [6.07, 6.45) is 5.43. The highest BCUT2D eigenvalue weighted by molar-refractivity contribution is 5.28. The van der Waals surface area contributed by atoms with Crippen LogP contribution in [-0.4, -0.2) is 12.6 Å². The molecule has 0 spiro atoms. The van der Waals surface area contributed by atoms with Gasteiger partial charge in [0.05, 0.1) is 0 Å². The van der Waals surface area contributed by atoms with Crippen molar-refractivity contribution in [2.75, 3.05) is 6.54 Å². The predicted octanol–water partition coefficient (Wildman–Crippen LogP) is 3.10. The minimum Gasteiger partial charge on any atom is -0.313 e. The average Bonchev–Trinajstić information content (AvgIpc) is 3.07. The lowest BCUT2D eigenvalue weighted by Gasteiger charge is -2.11. The third-order valence-corrected chi connectivity index (χ3v) is 4.19. The van der Waals surface area contributed by atoms with Gasteiger partial charge in [-0.1, -0.05) is 31.2 Å². The second kappa shape index (κ2) is 4.21. The first-order valence-electron chi connectivity index (χ1n) is 6.69. The maximum atomic E-state index is 3.70. The molecule has 1 N–H and O–H groups in total. The maximum Gasteiger partial charge on any atom is 0.0102 e. The average molecular weight is 215 g/mol. The Kier molecular flexibility index (Phi) is 2.72. The van der Waals surface area contributed by atoms with Gasteiger partial charge in [0.1, 0.15) is 0 Å². The number of nitrogens with one attached hydrogen (secondary N) is 1. The van der Waals surface area contributed by atoms with E-state index in [0.717, 1.165) is 24.3 Å². The number of hydrogen-bond donors (Lipinski definition) is 1. The zero-order valence-corrected chi connectivity index (χ0v) is 10.1. The summed E-state index contributed by atoms with van der Waals surface area (Å²) >= 11 is 0. The third-order valence-electron chi connectivity index (χ3n) is 4.19. The van der Waals surface area contributed by atoms with Gasteiger partial charge in [-0.05, 0) is 48.6 Å². The van der Waals surface area contributed by atoms with Crippen molar-refractivity contribution in [3.8, 4) is 0 Å². The second-order valence-electron chi connectivity index (χ2n) is 5.38. The predicted molar refractivity (Wildman–Crippen MR) is 67.7 cm³/mol.